The van der Waals surface area contributed by atoms with Crippen LogP contribution in [-0.2, 0) is 14.1 Å². The normalized spacial score (nSPS) is 11.2. The van der Waals surface area contributed by atoms with E-state index < -0.39 is 8.80 Å². The highest BCUT2D eigenvalue weighted by Crippen LogP contribution is 2.20. The summed E-state index contributed by atoms with van der Waals surface area (Å²) in [6, 6.07) is 20.0. The van der Waals surface area contributed by atoms with E-state index in [1.165, 1.54) is 45.0 Å². The number of nitrogens with zero attached hydrogens (tertiary/aromatic N) is 2. The Balaban J connectivity index is 0.000000166. The van der Waals surface area contributed by atoms with Crippen LogP contribution in [0.25, 0.3) is 21.8 Å². The first-order valence-electron chi connectivity index (χ1n) is 10.0. The highest BCUT2D eigenvalue weighted by Gasteiger charge is 2.18. The number of hydrogen-bond acceptors (Lipinski definition) is 0. The van der Waals surface area contributed by atoms with Gasteiger partial charge in [0.15, 0.2) is 0 Å². The molecule has 0 unspecified atom stereocenters. The van der Waals surface area contributed by atoms with Crippen molar-refractivity contribution in [2.45, 2.75) is 39.8 Å². The molecule has 0 aliphatic heterocycles. The molecule has 3 heteroatoms. The Bertz CT molecular complexity index is 976. The van der Waals surface area contributed by atoms with E-state index in [9.17, 15) is 0 Å². The van der Waals surface area contributed by atoms with Gasteiger partial charge in [-0.3, -0.25) is 0 Å². The van der Waals surface area contributed by atoms with Crippen LogP contribution in [-0.4, -0.2) is 17.9 Å². The van der Waals surface area contributed by atoms with Crippen LogP contribution >= 0.6 is 0 Å². The number of hydrogen-bond donors (Lipinski definition) is 0. The topological polar surface area (TPSA) is 9.86 Å². The fraction of sp³-hybridized carbons (Fsp3) is 0.333. The number of rotatable bonds is 3. The molecule has 2 aromatic heterocycles. The Kier molecular flexibility index (Phi) is 5.91. The van der Waals surface area contributed by atoms with E-state index in [4.69, 9.17) is 0 Å². The summed E-state index contributed by atoms with van der Waals surface area (Å²) in [5.74, 6) is 0. The molecule has 4 aromatic rings. The first-order chi connectivity index (χ1) is 13.0. The monoisotopic (exact) mass is 376 g/mol. The van der Waals surface area contributed by atoms with Crippen molar-refractivity contribution in [1.82, 2.24) is 9.13 Å². The third-order valence-corrected chi connectivity index (χ3v) is 9.45. The van der Waals surface area contributed by atoms with Crippen molar-refractivity contribution in [3.63, 3.8) is 0 Å². The second kappa shape index (κ2) is 8.18. The van der Waals surface area contributed by atoms with E-state index in [2.05, 4.69) is 106 Å². The summed E-state index contributed by atoms with van der Waals surface area (Å²) < 4.78 is 4.60. The second-order valence-electron chi connectivity index (χ2n) is 7.54. The van der Waals surface area contributed by atoms with Crippen LogP contribution in [0.2, 0.25) is 12.1 Å². The number of benzene rings is 2. The van der Waals surface area contributed by atoms with Crippen LogP contribution in [0.3, 0.4) is 0 Å². The molecule has 4 rings (SSSR count). The summed E-state index contributed by atoms with van der Waals surface area (Å²) in [6.45, 7) is 9.13. The smallest absolute Gasteiger partial charge is 0.0915 e. The number of aryl methyl sites for hydroxylation is 4. The molecule has 0 saturated heterocycles. The van der Waals surface area contributed by atoms with Crippen molar-refractivity contribution in [3.8, 4) is 0 Å². The van der Waals surface area contributed by atoms with Gasteiger partial charge in [-0.2, -0.15) is 0 Å². The molecule has 0 aliphatic rings. The lowest BCUT2D eigenvalue weighted by Crippen LogP contribution is -2.35. The molecule has 0 fully saturated rings. The quantitative estimate of drug-likeness (QED) is 0.421. The maximum Gasteiger partial charge on any atom is 0.0915 e. The van der Waals surface area contributed by atoms with Crippen LogP contribution in [0.4, 0.5) is 0 Å². The predicted octanol–water partition coefficient (Wildman–Crippen LogP) is 5.45. The average molecular weight is 377 g/mol. The minimum absolute atomic E-state index is 0.741. The van der Waals surface area contributed by atoms with Gasteiger partial charge >= 0.3 is 0 Å². The van der Waals surface area contributed by atoms with Gasteiger partial charge < -0.3 is 9.13 Å². The minimum Gasteiger partial charge on any atom is -0.352 e. The van der Waals surface area contributed by atoms with Crippen LogP contribution < -0.4 is 5.32 Å². The molecule has 0 spiro atoms. The molecule has 0 aliphatic carbocycles. The lowest BCUT2D eigenvalue weighted by Gasteiger charge is -2.14. The number of fused-ring (bicyclic) bond motifs is 2. The average Bonchev–Trinajstić information content (AvgIpc) is 3.12. The highest BCUT2D eigenvalue weighted by atomic mass is 28.3. The Morgan fingerprint density at radius 2 is 1.33 bits per heavy atom. The van der Waals surface area contributed by atoms with E-state index >= 15 is 0 Å². The van der Waals surface area contributed by atoms with E-state index in [1.807, 2.05) is 0 Å². The van der Waals surface area contributed by atoms with E-state index in [1.54, 1.807) is 5.32 Å². The molecule has 0 N–H and O–H groups in total. The molecule has 0 bridgehead atoms. The largest absolute Gasteiger partial charge is 0.352 e. The Hall–Kier alpha value is -2.26. The minimum atomic E-state index is -0.741. The molecule has 0 amide bonds. The molecule has 0 atom stereocenters. The van der Waals surface area contributed by atoms with Crippen molar-refractivity contribution in [2.24, 2.45) is 14.1 Å². The van der Waals surface area contributed by atoms with Gasteiger partial charge in [0.25, 0.3) is 0 Å². The van der Waals surface area contributed by atoms with Gasteiger partial charge in [0.2, 0.25) is 0 Å². The molecular formula is C24H32N2Si. The summed E-state index contributed by atoms with van der Waals surface area (Å²) in [5.41, 5.74) is 5.58. The van der Waals surface area contributed by atoms with Crippen LogP contribution in [0.5, 0.6) is 0 Å². The van der Waals surface area contributed by atoms with Gasteiger partial charge in [-0.1, -0.05) is 62.3 Å². The lowest BCUT2D eigenvalue weighted by atomic mass is 10.2. The fourth-order valence-corrected chi connectivity index (χ4v) is 7.21. The van der Waals surface area contributed by atoms with Crippen molar-refractivity contribution in [3.05, 3.63) is 65.9 Å². The predicted molar refractivity (Wildman–Crippen MR) is 123 cm³/mol. The zero-order valence-corrected chi connectivity index (χ0v) is 18.7. The van der Waals surface area contributed by atoms with Gasteiger partial charge in [-0.15, -0.1) is 0 Å². The third-order valence-electron chi connectivity index (χ3n) is 5.88. The lowest BCUT2D eigenvalue weighted by molar-refractivity contribution is 0.964. The van der Waals surface area contributed by atoms with Crippen LogP contribution in [0, 0.1) is 13.8 Å². The van der Waals surface area contributed by atoms with Crippen molar-refractivity contribution < 1.29 is 0 Å². The summed E-state index contributed by atoms with van der Waals surface area (Å²) in [7, 11) is 3.57. The van der Waals surface area contributed by atoms with Gasteiger partial charge in [0, 0.05) is 47.4 Å². The van der Waals surface area contributed by atoms with Crippen LogP contribution in [0.15, 0.2) is 54.7 Å². The molecule has 0 radical (unpaired) electrons. The highest BCUT2D eigenvalue weighted by molar-refractivity contribution is 6.73. The van der Waals surface area contributed by atoms with Gasteiger partial charge in [0.1, 0.15) is 0 Å². The first-order valence-corrected chi connectivity index (χ1v) is 12.2. The third kappa shape index (κ3) is 3.61. The second-order valence-corrected chi connectivity index (χ2v) is 11.1. The molecule has 2 heterocycles. The SMILES string of the molecule is CC[SiH](CC)c1c(C)c2ccccc2n1C.Cc1cn(C)c2ccccc12. The Morgan fingerprint density at radius 1 is 0.778 bits per heavy atom. The summed E-state index contributed by atoms with van der Waals surface area (Å²) in [6.07, 6.45) is 2.16. The molecule has 2 nitrogen and oxygen atoms in total. The van der Waals surface area contributed by atoms with E-state index in [0.29, 0.717) is 0 Å². The number of para-hydroxylation sites is 2. The fourth-order valence-electron chi connectivity index (χ4n) is 4.40. The number of aromatic nitrogens is 2. The molecule has 27 heavy (non-hydrogen) atoms. The standard InChI is InChI=1S/C14H21NSi.C10H11N/c1-5-16(6-2)14-11(3)12-9-7-8-10-13(12)15(14)4;1-8-7-11(2)10-6-4-3-5-9(8)10/h7-10,16H,5-6H2,1-4H3;3-7H,1-2H3. The van der Waals surface area contributed by atoms with E-state index in [-0.39, 0.29) is 0 Å². The maximum atomic E-state index is 2.44. The van der Waals surface area contributed by atoms with Crippen LogP contribution in [0.1, 0.15) is 25.0 Å². The zero-order chi connectivity index (χ0) is 19.6. The molecule has 142 valence electrons. The maximum absolute atomic E-state index is 2.44. The molecular weight excluding hydrogens is 344 g/mol. The Morgan fingerprint density at radius 3 is 1.89 bits per heavy atom. The Labute approximate surface area is 165 Å². The van der Waals surface area contributed by atoms with Gasteiger partial charge in [-0.05, 0) is 37.1 Å². The molecule has 0 saturated carbocycles. The summed E-state index contributed by atoms with van der Waals surface area (Å²) in [5, 5.41) is 4.46. The summed E-state index contributed by atoms with van der Waals surface area (Å²) in [4.78, 5) is 0. The molecule has 2 aromatic carbocycles. The van der Waals surface area contributed by atoms with Crippen molar-refractivity contribution >= 4 is 35.9 Å². The summed E-state index contributed by atoms with van der Waals surface area (Å²) >= 11 is 0. The van der Waals surface area contributed by atoms with Gasteiger partial charge in [0.05, 0.1) is 8.80 Å². The first kappa shape index (κ1) is 19.5. The van der Waals surface area contributed by atoms with Crippen molar-refractivity contribution in [2.75, 3.05) is 0 Å². The zero-order valence-electron chi connectivity index (χ0n) is 17.6. The van der Waals surface area contributed by atoms with Gasteiger partial charge in [-0.25, -0.2) is 0 Å². The van der Waals surface area contributed by atoms with Crippen molar-refractivity contribution in [1.29, 1.82) is 0 Å². The van der Waals surface area contributed by atoms with E-state index in [0.717, 1.165) is 0 Å².